The van der Waals surface area contributed by atoms with Crippen molar-refractivity contribution < 1.29 is 0 Å². The van der Waals surface area contributed by atoms with E-state index < -0.39 is 0 Å². The van der Waals surface area contributed by atoms with Gasteiger partial charge in [-0.1, -0.05) is 41.5 Å². The summed E-state index contributed by atoms with van der Waals surface area (Å²) in [5, 5.41) is 0. The molecule has 0 atom stereocenters. The molecule has 0 amide bonds. The zero-order valence-corrected chi connectivity index (χ0v) is 8.91. The van der Waals surface area contributed by atoms with Crippen LogP contribution < -0.4 is 0 Å². The molecule has 0 saturated heterocycles. The first-order valence-electron chi connectivity index (χ1n) is 4.66. The Morgan fingerprint density at radius 3 is 1.00 bits per heavy atom. The average Bonchev–Trinajstić information content (AvgIpc) is 1.66. The van der Waals surface area contributed by atoms with Crippen molar-refractivity contribution in [3.8, 4) is 0 Å². The number of hydrogen-bond acceptors (Lipinski definition) is 0. The molecular weight excluding hydrogens is 132 g/mol. The molecule has 0 bridgehead atoms. The van der Waals surface area contributed by atoms with Crippen molar-refractivity contribution in [2.45, 2.75) is 54.4 Å². The molecular formula is C11H22. The molecule has 1 fully saturated rings. The standard InChI is InChI=1S/C11H22/c1-9(2)7-10(3,4)11(5,6)8-9/h7-8H2,1-6H3. The summed E-state index contributed by atoms with van der Waals surface area (Å²) in [5.41, 5.74) is 1.61. The smallest absolute Gasteiger partial charge is 0.0298 e. The lowest BCUT2D eigenvalue weighted by molar-refractivity contribution is 0.157. The second kappa shape index (κ2) is 2.02. The zero-order chi connectivity index (χ0) is 8.91. The summed E-state index contributed by atoms with van der Waals surface area (Å²) in [7, 11) is 0. The van der Waals surface area contributed by atoms with Crippen LogP contribution in [0.25, 0.3) is 0 Å². The highest BCUT2D eigenvalue weighted by atomic mass is 14.5. The number of rotatable bonds is 0. The van der Waals surface area contributed by atoms with Gasteiger partial charge in [0.05, 0.1) is 0 Å². The van der Waals surface area contributed by atoms with E-state index in [4.69, 9.17) is 0 Å². The first kappa shape index (κ1) is 9.09. The normalized spacial score (nSPS) is 32.2. The van der Waals surface area contributed by atoms with Crippen LogP contribution in [0, 0.1) is 16.2 Å². The first-order valence-corrected chi connectivity index (χ1v) is 4.66. The lowest BCUT2D eigenvalue weighted by Gasteiger charge is -2.34. The average molecular weight is 154 g/mol. The van der Waals surface area contributed by atoms with Crippen molar-refractivity contribution in [3.63, 3.8) is 0 Å². The summed E-state index contributed by atoms with van der Waals surface area (Å²) in [6.07, 6.45) is 2.74. The Labute approximate surface area is 71.4 Å². The minimum absolute atomic E-state index is 0.524. The Balaban J connectivity index is 2.89. The van der Waals surface area contributed by atoms with E-state index in [0.29, 0.717) is 16.2 Å². The summed E-state index contributed by atoms with van der Waals surface area (Å²) in [5.74, 6) is 0. The van der Waals surface area contributed by atoms with Crippen molar-refractivity contribution in [2.75, 3.05) is 0 Å². The lowest BCUT2D eigenvalue weighted by atomic mass is 9.71. The van der Waals surface area contributed by atoms with E-state index in [1.54, 1.807) is 0 Å². The molecule has 0 aliphatic heterocycles. The van der Waals surface area contributed by atoms with Gasteiger partial charge in [-0.15, -0.1) is 0 Å². The van der Waals surface area contributed by atoms with Crippen molar-refractivity contribution in [3.05, 3.63) is 0 Å². The fourth-order valence-electron chi connectivity index (χ4n) is 2.93. The van der Waals surface area contributed by atoms with Gasteiger partial charge >= 0.3 is 0 Å². The van der Waals surface area contributed by atoms with E-state index in [2.05, 4.69) is 41.5 Å². The van der Waals surface area contributed by atoms with Crippen LogP contribution >= 0.6 is 0 Å². The highest BCUT2D eigenvalue weighted by Crippen LogP contribution is 2.59. The van der Waals surface area contributed by atoms with Gasteiger partial charge in [0.25, 0.3) is 0 Å². The molecule has 1 aliphatic carbocycles. The van der Waals surface area contributed by atoms with Gasteiger partial charge in [-0.2, -0.15) is 0 Å². The molecule has 1 saturated carbocycles. The second-order valence-electron chi connectivity index (χ2n) is 6.29. The predicted molar refractivity (Wildman–Crippen MR) is 50.6 cm³/mol. The van der Waals surface area contributed by atoms with Crippen molar-refractivity contribution >= 4 is 0 Å². The van der Waals surface area contributed by atoms with E-state index >= 15 is 0 Å². The van der Waals surface area contributed by atoms with Gasteiger partial charge in [0.2, 0.25) is 0 Å². The van der Waals surface area contributed by atoms with Crippen LogP contribution in [-0.2, 0) is 0 Å². The number of hydrogen-bond donors (Lipinski definition) is 0. The summed E-state index contributed by atoms with van der Waals surface area (Å²) in [4.78, 5) is 0. The zero-order valence-electron chi connectivity index (χ0n) is 8.91. The Morgan fingerprint density at radius 1 is 0.636 bits per heavy atom. The highest BCUT2D eigenvalue weighted by Gasteiger charge is 2.49. The van der Waals surface area contributed by atoms with Gasteiger partial charge < -0.3 is 0 Å². The van der Waals surface area contributed by atoms with Crippen molar-refractivity contribution in [1.29, 1.82) is 0 Å². The third-order valence-corrected chi connectivity index (χ3v) is 3.67. The maximum atomic E-state index is 2.40. The molecule has 0 heterocycles. The van der Waals surface area contributed by atoms with Crippen LogP contribution in [0.5, 0.6) is 0 Å². The Morgan fingerprint density at radius 2 is 0.909 bits per heavy atom. The van der Waals surface area contributed by atoms with E-state index in [0.717, 1.165) is 0 Å². The van der Waals surface area contributed by atoms with Gasteiger partial charge in [0.1, 0.15) is 0 Å². The van der Waals surface area contributed by atoms with Gasteiger partial charge in [0, 0.05) is 0 Å². The molecule has 0 spiro atoms. The van der Waals surface area contributed by atoms with Gasteiger partial charge in [0.15, 0.2) is 0 Å². The topological polar surface area (TPSA) is 0 Å². The molecule has 0 N–H and O–H groups in total. The SMILES string of the molecule is CC1(C)CC(C)(C)C(C)(C)C1. The highest BCUT2D eigenvalue weighted by molar-refractivity contribution is 4.99. The molecule has 0 unspecified atom stereocenters. The molecule has 0 radical (unpaired) electrons. The largest absolute Gasteiger partial charge is 0.0599 e. The molecule has 0 aromatic rings. The predicted octanol–water partition coefficient (Wildman–Crippen LogP) is 3.86. The summed E-state index contributed by atoms with van der Waals surface area (Å²) in [6, 6.07) is 0. The Hall–Kier alpha value is 0. The molecule has 11 heavy (non-hydrogen) atoms. The quantitative estimate of drug-likeness (QED) is 0.497. The minimum atomic E-state index is 0.524. The molecule has 0 aromatic heterocycles. The van der Waals surface area contributed by atoms with Crippen LogP contribution in [0.3, 0.4) is 0 Å². The molecule has 1 rings (SSSR count). The minimum Gasteiger partial charge on any atom is -0.0599 e. The van der Waals surface area contributed by atoms with Crippen LogP contribution in [-0.4, -0.2) is 0 Å². The fourth-order valence-corrected chi connectivity index (χ4v) is 2.93. The monoisotopic (exact) mass is 154 g/mol. The van der Waals surface area contributed by atoms with Crippen molar-refractivity contribution in [2.24, 2.45) is 16.2 Å². The fraction of sp³-hybridized carbons (Fsp3) is 1.00. The lowest BCUT2D eigenvalue weighted by Crippen LogP contribution is -2.25. The van der Waals surface area contributed by atoms with Crippen LogP contribution in [0.2, 0.25) is 0 Å². The van der Waals surface area contributed by atoms with Gasteiger partial charge in [-0.05, 0) is 29.1 Å². The van der Waals surface area contributed by atoms with Crippen LogP contribution in [0.1, 0.15) is 54.4 Å². The van der Waals surface area contributed by atoms with Crippen molar-refractivity contribution in [1.82, 2.24) is 0 Å². The van der Waals surface area contributed by atoms with E-state index in [1.807, 2.05) is 0 Å². The van der Waals surface area contributed by atoms with Crippen LogP contribution in [0.4, 0.5) is 0 Å². The third-order valence-electron chi connectivity index (χ3n) is 3.67. The van der Waals surface area contributed by atoms with Gasteiger partial charge in [-0.25, -0.2) is 0 Å². The Kier molecular flexibility index (Phi) is 1.67. The van der Waals surface area contributed by atoms with Crippen LogP contribution in [0.15, 0.2) is 0 Å². The maximum Gasteiger partial charge on any atom is -0.0298 e. The molecule has 66 valence electrons. The molecule has 0 aromatic carbocycles. The molecule has 0 heteroatoms. The van der Waals surface area contributed by atoms with E-state index in [9.17, 15) is 0 Å². The summed E-state index contributed by atoms with van der Waals surface area (Å²) < 4.78 is 0. The first-order chi connectivity index (χ1) is 4.66. The van der Waals surface area contributed by atoms with E-state index in [-0.39, 0.29) is 0 Å². The molecule has 0 nitrogen and oxygen atoms in total. The summed E-state index contributed by atoms with van der Waals surface area (Å²) in [6.45, 7) is 14.4. The molecule has 1 aliphatic rings. The second-order valence-corrected chi connectivity index (χ2v) is 6.29. The van der Waals surface area contributed by atoms with Gasteiger partial charge in [-0.3, -0.25) is 0 Å². The Bertz CT molecular complexity index is 143. The third kappa shape index (κ3) is 1.45. The maximum absolute atomic E-state index is 2.40. The van der Waals surface area contributed by atoms with E-state index in [1.165, 1.54) is 12.8 Å². The summed E-state index contributed by atoms with van der Waals surface area (Å²) >= 11 is 0.